The van der Waals surface area contributed by atoms with Crippen LogP contribution in [0.4, 0.5) is 4.39 Å². The number of hydrogen-bond donors (Lipinski definition) is 1. The molecular formula is C19H19FN2. The van der Waals surface area contributed by atoms with E-state index in [2.05, 4.69) is 11.4 Å². The van der Waals surface area contributed by atoms with Crippen molar-refractivity contribution in [3.05, 3.63) is 71.0 Å². The van der Waals surface area contributed by atoms with Gasteiger partial charge in [0.25, 0.3) is 0 Å². The van der Waals surface area contributed by atoms with E-state index in [1.807, 2.05) is 30.3 Å². The number of nitriles is 1. The maximum atomic E-state index is 13.6. The van der Waals surface area contributed by atoms with E-state index in [1.165, 1.54) is 18.9 Å². The lowest BCUT2D eigenvalue weighted by Crippen LogP contribution is -2.24. The van der Waals surface area contributed by atoms with Gasteiger partial charge in [-0.2, -0.15) is 5.26 Å². The summed E-state index contributed by atoms with van der Waals surface area (Å²) in [5.74, 6) is -0.0467. The summed E-state index contributed by atoms with van der Waals surface area (Å²) in [5.41, 5.74) is 2.79. The summed E-state index contributed by atoms with van der Waals surface area (Å²) in [6, 6.07) is 17.1. The van der Waals surface area contributed by atoms with Crippen LogP contribution in [-0.4, -0.2) is 12.6 Å². The van der Waals surface area contributed by atoms with E-state index in [9.17, 15) is 4.39 Å². The van der Waals surface area contributed by atoms with Gasteiger partial charge >= 0.3 is 0 Å². The predicted molar refractivity (Wildman–Crippen MR) is 85.0 cm³/mol. The van der Waals surface area contributed by atoms with E-state index in [-0.39, 0.29) is 11.7 Å². The summed E-state index contributed by atoms with van der Waals surface area (Å²) in [5, 5.41) is 12.5. The molecule has 3 rings (SSSR count). The minimum Gasteiger partial charge on any atom is -0.314 e. The largest absolute Gasteiger partial charge is 0.314 e. The molecule has 1 aliphatic heterocycles. The number of halogens is 1. The maximum Gasteiger partial charge on any atom is 0.123 e. The normalized spacial score (nSPS) is 18.8. The first-order valence-corrected chi connectivity index (χ1v) is 7.75. The Kier molecular flexibility index (Phi) is 4.50. The van der Waals surface area contributed by atoms with Crippen molar-refractivity contribution < 1.29 is 4.39 Å². The molecule has 2 atom stereocenters. The molecule has 0 spiro atoms. The standard InChI is InChI=1S/C19H19FN2/c20-17-4-1-3-16(11-17)19(12-18-5-2-10-22-18)15-8-6-14(13-21)7-9-15/h1,3-4,6-9,11,18-19,22H,2,5,10,12H2/t18-,19+/m0/s1. The molecule has 0 aliphatic carbocycles. The van der Waals surface area contributed by atoms with Crippen molar-refractivity contribution in [2.75, 3.05) is 6.54 Å². The van der Waals surface area contributed by atoms with Gasteiger partial charge < -0.3 is 5.32 Å². The minimum atomic E-state index is -0.199. The zero-order valence-corrected chi connectivity index (χ0v) is 12.4. The molecule has 0 unspecified atom stereocenters. The van der Waals surface area contributed by atoms with Gasteiger partial charge in [0.05, 0.1) is 11.6 Å². The monoisotopic (exact) mass is 294 g/mol. The molecule has 3 heteroatoms. The maximum absolute atomic E-state index is 13.6. The van der Waals surface area contributed by atoms with Gasteiger partial charge in [-0.15, -0.1) is 0 Å². The first kappa shape index (κ1) is 14.7. The zero-order chi connectivity index (χ0) is 15.4. The second-order valence-corrected chi connectivity index (χ2v) is 5.87. The van der Waals surface area contributed by atoms with Crippen LogP contribution in [0.3, 0.4) is 0 Å². The summed E-state index contributed by atoms with van der Waals surface area (Å²) in [6.07, 6.45) is 3.32. The van der Waals surface area contributed by atoms with E-state index in [4.69, 9.17) is 5.26 Å². The third-order valence-corrected chi connectivity index (χ3v) is 4.38. The van der Waals surface area contributed by atoms with E-state index < -0.39 is 0 Å². The molecule has 2 aromatic rings. The van der Waals surface area contributed by atoms with Crippen LogP contribution in [0.1, 0.15) is 41.9 Å². The highest BCUT2D eigenvalue weighted by Crippen LogP contribution is 2.31. The summed E-state index contributed by atoms with van der Waals surface area (Å²) >= 11 is 0. The van der Waals surface area contributed by atoms with E-state index in [1.54, 1.807) is 12.1 Å². The lowest BCUT2D eigenvalue weighted by atomic mass is 9.85. The molecular weight excluding hydrogens is 275 g/mol. The molecule has 0 amide bonds. The van der Waals surface area contributed by atoms with Crippen LogP contribution < -0.4 is 5.32 Å². The van der Waals surface area contributed by atoms with Gasteiger partial charge in [-0.3, -0.25) is 0 Å². The topological polar surface area (TPSA) is 35.8 Å². The highest BCUT2D eigenvalue weighted by Gasteiger charge is 2.22. The minimum absolute atomic E-state index is 0.152. The van der Waals surface area contributed by atoms with Gasteiger partial charge in [0.1, 0.15) is 5.82 Å². The lowest BCUT2D eigenvalue weighted by Gasteiger charge is -2.22. The first-order chi connectivity index (χ1) is 10.8. The molecule has 22 heavy (non-hydrogen) atoms. The molecule has 0 aromatic heterocycles. The van der Waals surface area contributed by atoms with Crippen molar-refractivity contribution in [2.45, 2.75) is 31.2 Å². The Balaban J connectivity index is 1.92. The summed E-state index contributed by atoms with van der Waals surface area (Å²) in [7, 11) is 0. The van der Waals surface area contributed by atoms with E-state index in [0.29, 0.717) is 11.6 Å². The molecule has 1 aliphatic rings. The summed E-state index contributed by atoms with van der Waals surface area (Å²) in [6.45, 7) is 1.06. The fourth-order valence-electron chi connectivity index (χ4n) is 3.22. The Hall–Kier alpha value is -2.18. The van der Waals surface area contributed by atoms with Crippen molar-refractivity contribution in [1.29, 1.82) is 5.26 Å². The smallest absolute Gasteiger partial charge is 0.123 e. The zero-order valence-electron chi connectivity index (χ0n) is 12.4. The summed E-state index contributed by atoms with van der Waals surface area (Å²) < 4.78 is 13.6. The fraction of sp³-hybridized carbons (Fsp3) is 0.316. The molecule has 2 nitrogen and oxygen atoms in total. The molecule has 2 aromatic carbocycles. The van der Waals surface area contributed by atoms with Crippen molar-refractivity contribution in [3.8, 4) is 6.07 Å². The first-order valence-electron chi connectivity index (χ1n) is 7.75. The van der Waals surface area contributed by atoms with E-state index >= 15 is 0 Å². The van der Waals surface area contributed by atoms with Crippen molar-refractivity contribution in [3.63, 3.8) is 0 Å². The molecule has 112 valence electrons. The Morgan fingerprint density at radius 1 is 1.18 bits per heavy atom. The average molecular weight is 294 g/mol. The molecule has 1 fully saturated rings. The third-order valence-electron chi connectivity index (χ3n) is 4.38. The molecule has 1 heterocycles. The van der Waals surface area contributed by atoms with Crippen LogP contribution in [-0.2, 0) is 0 Å². The predicted octanol–water partition coefficient (Wildman–Crippen LogP) is 3.97. The van der Waals surface area contributed by atoms with Crippen LogP contribution in [0.15, 0.2) is 48.5 Å². The number of rotatable bonds is 4. The van der Waals surface area contributed by atoms with Crippen molar-refractivity contribution in [2.24, 2.45) is 0 Å². The van der Waals surface area contributed by atoms with Gasteiger partial charge in [0.2, 0.25) is 0 Å². The molecule has 0 bridgehead atoms. The fourth-order valence-corrected chi connectivity index (χ4v) is 3.22. The highest BCUT2D eigenvalue weighted by atomic mass is 19.1. The van der Waals surface area contributed by atoms with Gasteiger partial charge in [-0.05, 0) is 61.2 Å². The Morgan fingerprint density at radius 3 is 2.64 bits per heavy atom. The van der Waals surface area contributed by atoms with Gasteiger partial charge in [-0.25, -0.2) is 4.39 Å². The van der Waals surface area contributed by atoms with Crippen LogP contribution in [0.2, 0.25) is 0 Å². The van der Waals surface area contributed by atoms with Crippen LogP contribution in [0.5, 0.6) is 0 Å². The van der Waals surface area contributed by atoms with Crippen LogP contribution >= 0.6 is 0 Å². The number of benzene rings is 2. The molecule has 1 saturated heterocycles. The van der Waals surface area contributed by atoms with Crippen molar-refractivity contribution in [1.82, 2.24) is 5.32 Å². The Morgan fingerprint density at radius 2 is 2.00 bits per heavy atom. The average Bonchev–Trinajstić information content (AvgIpc) is 3.06. The quantitative estimate of drug-likeness (QED) is 0.926. The lowest BCUT2D eigenvalue weighted by molar-refractivity contribution is 0.522. The van der Waals surface area contributed by atoms with Crippen LogP contribution in [0.25, 0.3) is 0 Å². The second kappa shape index (κ2) is 6.72. The SMILES string of the molecule is N#Cc1ccc([C@@H](C[C@@H]2CCCN2)c2cccc(F)c2)cc1. The van der Waals surface area contributed by atoms with Crippen LogP contribution in [0, 0.1) is 17.1 Å². The molecule has 0 saturated carbocycles. The van der Waals surface area contributed by atoms with Gasteiger partial charge in [-0.1, -0.05) is 24.3 Å². The Bertz CT molecular complexity index is 667. The van der Waals surface area contributed by atoms with Gasteiger partial charge in [0, 0.05) is 12.0 Å². The number of hydrogen-bond acceptors (Lipinski definition) is 2. The molecule has 0 radical (unpaired) electrons. The second-order valence-electron chi connectivity index (χ2n) is 5.87. The third kappa shape index (κ3) is 3.35. The van der Waals surface area contributed by atoms with E-state index in [0.717, 1.165) is 24.1 Å². The van der Waals surface area contributed by atoms with Gasteiger partial charge in [0.15, 0.2) is 0 Å². The number of nitrogens with zero attached hydrogens (tertiary/aromatic N) is 1. The molecule has 1 N–H and O–H groups in total. The summed E-state index contributed by atoms with van der Waals surface area (Å²) in [4.78, 5) is 0. The number of nitrogens with one attached hydrogen (secondary N) is 1. The Labute approximate surface area is 130 Å². The van der Waals surface area contributed by atoms with Crippen molar-refractivity contribution >= 4 is 0 Å². The highest BCUT2D eigenvalue weighted by molar-refractivity contribution is 5.38.